The Morgan fingerprint density at radius 3 is 2.44 bits per heavy atom. The average molecular weight is 521 g/mol. The zero-order chi connectivity index (χ0) is 25.9. The van der Waals surface area contributed by atoms with Crippen LogP contribution in [0.5, 0.6) is 17.2 Å². The van der Waals surface area contributed by atoms with Crippen molar-refractivity contribution in [3.05, 3.63) is 48.0 Å². The van der Waals surface area contributed by atoms with Crippen molar-refractivity contribution in [3.63, 3.8) is 0 Å². The number of aliphatic hydroxyl groups excluding tert-OH is 1. The van der Waals surface area contributed by atoms with Gasteiger partial charge < -0.3 is 29.7 Å². The van der Waals surface area contributed by atoms with Crippen LogP contribution in [0.1, 0.15) is 44.1 Å². The molecule has 1 aliphatic rings. The molecule has 1 aliphatic carbocycles. The molecule has 10 nitrogen and oxygen atoms in total. The molecule has 0 spiro atoms. The van der Waals surface area contributed by atoms with Crippen LogP contribution in [0.4, 0.5) is 5.69 Å². The highest BCUT2D eigenvalue weighted by molar-refractivity contribution is 7.61. The molecule has 0 aromatic heterocycles. The van der Waals surface area contributed by atoms with Crippen LogP contribution >= 0.6 is 0 Å². The number of nitrogens with zero attached hydrogens (tertiary/aromatic N) is 1. The fourth-order valence-corrected chi connectivity index (χ4v) is 4.42. The Balaban J connectivity index is 1.37. The van der Waals surface area contributed by atoms with Crippen LogP contribution in [0.3, 0.4) is 0 Å². The first-order valence-corrected chi connectivity index (χ1v) is 12.9. The van der Waals surface area contributed by atoms with Gasteiger partial charge in [0.1, 0.15) is 35.6 Å². The van der Waals surface area contributed by atoms with Crippen molar-refractivity contribution in [1.82, 2.24) is 5.32 Å². The molecule has 2 aromatic carbocycles. The van der Waals surface area contributed by atoms with Gasteiger partial charge in [0.15, 0.2) is 6.61 Å². The highest BCUT2D eigenvalue weighted by Crippen LogP contribution is 2.34. The van der Waals surface area contributed by atoms with Crippen LogP contribution in [0.2, 0.25) is 0 Å². The van der Waals surface area contributed by atoms with Gasteiger partial charge in [0.2, 0.25) is 0 Å². The third-order valence-corrected chi connectivity index (χ3v) is 6.29. The Kier molecular flexibility index (Phi) is 10.5. The molecule has 3 rings (SSSR count). The number of hydrogen-bond donors (Lipinski definition) is 3. The maximum absolute atomic E-state index is 11.4. The lowest BCUT2D eigenvalue weighted by Gasteiger charge is -2.30. The maximum atomic E-state index is 11.4. The van der Waals surface area contributed by atoms with Crippen molar-refractivity contribution in [2.24, 2.45) is 4.36 Å². The van der Waals surface area contributed by atoms with E-state index in [9.17, 15) is 23.4 Å². The third kappa shape index (κ3) is 8.81. The molecule has 196 valence electrons. The number of hydrogen-bond acceptors (Lipinski definition) is 10. The molecule has 0 radical (unpaired) electrons. The summed E-state index contributed by atoms with van der Waals surface area (Å²) in [5.41, 5.74) is 1.12. The Labute approximate surface area is 211 Å². The molecule has 3 N–H and O–H groups in total. The second-order valence-corrected chi connectivity index (χ2v) is 9.16. The van der Waals surface area contributed by atoms with E-state index in [2.05, 4.69) is 9.68 Å². The van der Waals surface area contributed by atoms with Gasteiger partial charge >= 0.3 is 16.5 Å². The largest absolute Gasteiger partial charge is 0.506 e. The monoisotopic (exact) mass is 520 g/mol. The number of rotatable bonds is 12. The van der Waals surface area contributed by atoms with Crippen LogP contribution in [0, 0.1) is 0 Å². The van der Waals surface area contributed by atoms with Gasteiger partial charge in [0, 0.05) is 18.7 Å². The summed E-state index contributed by atoms with van der Waals surface area (Å²) in [5, 5.41) is 23.3. The Morgan fingerprint density at radius 2 is 1.78 bits per heavy atom. The molecule has 11 heteroatoms. The molecule has 1 fully saturated rings. The summed E-state index contributed by atoms with van der Waals surface area (Å²) in [5.74, 6) is 0.727. The fourth-order valence-electron chi connectivity index (χ4n) is 4.11. The van der Waals surface area contributed by atoms with E-state index in [1.165, 1.54) is 23.8 Å². The van der Waals surface area contributed by atoms with E-state index in [0.717, 1.165) is 25.7 Å². The maximum Gasteiger partial charge on any atom is 0.344 e. The lowest BCUT2D eigenvalue weighted by atomic mass is 9.81. The zero-order valence-corrected chi connectivity index (χ0v) is 20.9. The highest BCUT2D eigenvalue weighted by atomic mass is 32.2. The minimum Gasteiger partial charge on any atom is -0.506 e. The number of phenolic OH excluding ortho intramolecular Hbond substituents is 1. The number of carbonyl (C=O) groups excluding carboxylic acids is 1. The second kappa shape index (κ2) is 13.8. The van der Waals surface area contributed by atoms with Gasteiger partial charge in [-0.2, -0.15) is 8.42 Å². The molecular formula is C25H32N2O8S. The molecule has 0 heterocycles. The molecule has 1 saturated carbocycles. The minimum atomic E-state index is -2.69. The van der Waals surface area contributed by atoms with Crippen molar-refractivity contribution >= 4 is 22.2 Å². The van der Waals surface area contributed by atoms with Gasteiger partial charge in [0.05, 0.1) is 6.61 Å². The predicted molar refractivity (Wildman–Crippen MR) is 132 cm³/mol. The van der Waals surface area contributed by atoms with Gasteiger partial charge in [-0.05, 0) is 68.4 Å². The number of aromatic hydroxyl groups is 1. The average Bonchev–Trinajstić information content (AvgIpc) is 2.87. The van der Waals surface area contributed by atoms with Gasteiger partial charge in [-0.3, -0.25) is 0 Å². The number of nitrogens with one attached hydrogen (secondary N) is 1. The Hall–Kier alpha value is -3.15. The summed E-state index contributed by atoms with van der Waals surface area (Å²) >= 11 is 0. The van der Waals surface area contributed by atoms with Gasteiger partial charge in [-0.25, -0.2) is 4.79 Å². The number of benzene rings is 2. The van der Waals surface area contributed by atoms with E-state index < -0.39 is 16.6 Å². The van der Waals surface area contributed by atoms with E-state index in [4.69, 9.17) is 14.2 Å². The summed E-state index contributed by atoms with van der Waals surface area (Å²) in [4.78, 5) is 11.4. The number of aliphatic hydroxyl groups is 1. The van der Waals surface area contributed by atoms with Crippen molar-refractivity contribution in [2.75, 3.05) is 26.4 Å². The molecule has 0 bridgehead atoms. The Morgan fingerprint density at radius 1 is 1.08 bits per heavy atom. The van der Waals surface area contributed by atoms with Crippen LogP contribution < -0.4 is 14.8 Å². The van der Waals surface area contributed by atoms with Gasteiger partial charge in [-0.1, -0.05) is 12.1 Å². The van der Waals surface area contributed by atoms with Crippen molar-refractivity contribution in [3.8, 4) is 17.2 Å². The molecule has 0 saturated heterocycles. The molecular weight excluding hydrogens is 488 g/mol. The first kappa shape index (κ1) is 27.4. The normalized spacial score (nSPS) is 18.2. The van der Waals surface area contributed by atoms with Crippen molar-refractivity contribution in [1.29, 1.82) is 0 Å². The van der Waals surface area contributed by atoms with E-state index in [1.54, 1.807) is 6.92 Å². The summed E-state index contributed by atoms with van der Waals surface area (Å²) in [7, 11) is -2.69. The highest BCUT2D eigenvalue weighted by Gasteiger charge is 2.23. The summed E-state index contributed by atoms with van der Waals surface area (Å²) in [6.07, 6.45) is 3.25. The lowest BCUT2D eigenvalue weighted by molar-refractivity contribution is -0.145. The first-order valence-electron chi connectivity index (χ1n) is 11.9. The second-order valence-electron chi connectivity index (χ2n) is 8.54. The molecule has 1 atom stereocenters. The lowest BCUT2D eigenvalue weighted by Crippen LogP contribution is -2.39. The molecule has 0 unspecified atom stereocenters. The van der Waals surface area contributed by atoms with E-state index in [-0.39, 0.29) is 30.6 Å². The smallest absolute Gasteiger partial charge is 0.344 e. The summed E-state index contributed by atoms with van der Waals surface area (Å²) < 4.78 is 40.6. The standard InChI is InChI=1S/C25H32N2O8S/c1-2-33-25(30)16-35-21-9-5-18(6-10-21)17-3-7-19(8-4-17)26-14-20(28)15-34-22-11-12-24(29)23(13-22)27-36(31)32/h5-6,9-13,17,19-20,26,28-29H,2-4,7-8,14-16H2,1H3/t17?,19?,20-/m0/s1. The topological polar surface area (TPSA) is 144 Å². The van der Waals surface area contributed by atoms with Crippen molar-refractivity contribution < 1.29 is 37.6 Å². The quantitative estimate of drug-likeness (QED) is 0.360. The number of esters is 1. The summed E-state index contributed by atoms with van der Waals surface area (Å²) in [6.45, 7) is 2.36. The molecule has 2 aromatic rings. The Bertz CT molecular complexity index is 1120. The predicted octanol–water partition coefficient (Wildman–Crippen LogP) is 3.08. The van der Waals surface area contributed by atoms with Crippen molar-refractivity contribution in [2.45, 2.75) is 50.7 Å². The van der Waals surface area contributed by atoms with Gasteiger partial charge in [-0.15, -0.1) is 4.36 Å². The SMILES string of the molecule is CCOC(=O)COc1ccc(C2CCC(NC[C@H](O)COc3ccc(O)c(N=S(=O)=O)c3)CC2)cc1. The number of carbonyl (C=O) groups is 1. The number of ether oxygens (including phenoxy) is 3. The van der Waals surface area contributed by atoms with E-state index in [1.807, 2.05) is 24.3 Å². The molecule has 0 amide bonds. The van der Waals surface area contributed by atoms with Gasteiger partial charge in [0.25, 0.3) is 0 Å². The van der Waals surface area contributed by atoms with E-state index >= 15 is 0 Å². The molecule has 36 heavy (non-hydrogen) atoms. The van der Waals surface area contributed by atoms with Crippen LogP contribution in [0.25, 0.3) is 0 Å². The van der Waals surface area contributed by atoms with Crippen LogP contribution in [-0.2, 0) is 20.0 Å². The first-order chi connectivity index (χ1) is 17.3. The minimum absolute atomic E-state index is 0.0115. The molecule has 0 aliphatic heterocycles. The third-order valence-electron chi connectivity index (χ3n) is 5.94. The van der Waals surface area contributed by atoms with Crippen LogP contribution in [-0.4, -0.2) is 63.1 Å². The van der Waals surface area contributed by atoms with E-state index in [0.29, 0.717) is 36.6 Å². The fraction of sp³-hybridized carbons (Fsp3) is 0.480. The number of phenols is 1. The van der Waals surface area contributed by atoms with Crippen LogP contribution in [0.15, 0.2) is 46.8 Å². The zero-order valence-electron chi connectivity index (χ0n) is 20.1. The summed E-state index contributed by atoms with van der Waals surface area (Å²) in [6, 6.07) is 12.2.